The maximum atomic E-state index is 6.02. The average Bonchev–Trinajstić information content (AvgIpc) is 2.47. The summed E-state index contributed by atoms with van der Waals surface area (Å²) in [5, 5.41) is 0.793. The molecular formula is C18H23ClN2. The van der Waals surface area contributed by atoms with Gasteiger partial charge in [0, 0.05) is 18.1 Å². The molecule has 1 atom stereocenters. The van der Waals surface area contributed by atoms with Crippen molar-refractivity contribution in [3.63, 3.8) is 0 Å². The van der Waals surface area contributed by atoms with Crippen molar-refractivity contribution in [3.05, 3.63) is 70.2 Å². The molecule has 2 rings (SSSR count). The molecule has 0 bridgehead atoms. The standard InChI is InChI=1S/C18H23ClN2/c1-14(11-20)17-8-6-15(7-9-17)12-21(2)13-16-4-3-5-18(19)10-16/h3-10,14H,11-13,20H2,1-2H3. The van der Waals surface area contributed by atoms with E-state index in [0.717, 1.165) is 18.1 Å². The van der Waals surface area contributed by atoms with Gasteiger partial charge in [0.2, 0.25) is 0 Å². The second-order valence-electron chi connectivity index (χ2n) is 5.68. The summed E-state index contributed by atoms with van der Waals surface area (Å²) in [6.45, 7) is 4.65. The molecule has 2 N–H and O–H groups in total. The monoisotopic (exact) mass is 302 g/mol. The summed E-state index contributed by atoms with van der Waals surface area (Å²) >= 11 is 6.02. The van der Waals surface area contributed by atoms with Crippen molar-refractivity contribution in [1.29, 1.82) is 0 Å². The van der Waals surface area contributed by atoms with Crippen LogP contribution < -0.4 is 5.73 Å². The molecule has 2 aromatic carbocycles. The Labute approximate surface area is 132 Å². The first-order valence-corrected chi connectivity index (χ1v) is 7.68. The van der Waals surface area contributed by atoms with Gasteiger partial charge in [-0.1, -0.05) is 54.9 Å². The van der Waals surface area contributed by atoms with Gasteiger partial charge in [-0.15, -0.1) is 0 Å². The topological polar surface area (TPSA) is 29.3 Å². The van der Waals surface area contributed by atoms with Crippen LogP contribution in [0.1, 0.15) is 29.5 Å². The third kappa shape index (κ3) is 4.85. The number of nitrogens with zero attached hydrogens (tertiary/aromatic N) is 1. The van der Waals surface area contributed by atoms with Crippen LogP contribution in [0.15, 0.2) is 48.5 Å². The predicted molar refractivity (Wildman–Crippen MR) is 90.5 cm³/mol. The highest BCUT2D eigenvalue weighted by molar-refractivity contribution is 6.30. The number of hydrogen-bond donors (Lipinski definition) is 1. The first-order valence-electron chi connectivity index (χ1n) is 7.30. The molecule has 0 saturated heterocycles. The molecule has 112 valence electrons. The summed E-state index contributed by atoms with van der Waals surface area (Å²) in [6.07, 6.45) is 0. The number of halogens is 1. The molecule has 0 spiro atoms. The van der Waals surface area contributed by atoms with Crippen LogP contribution >= 0.6 is 11.6 Å². The van der Waals surface area contributed by atoms with Crippen LogP contribution in [-0.4, -0.2) is 18.5 Å². The minimum atomic E-state index is 0.420. The Balaban J connectivity index is 1.94. The fourth-order valence-electron chi connectivity index (χ4n) is 2.40. The van der Waals surface area contributed by atoms with Crippen LogP contribution in [0.25, 0.3) is 0 Å². The molecule has 0 aromatic heterocycles. The van der Waals surface area contributed by atoms with Crippen molar-refractivity contribution in [1.82, 2.24) is 4.90 Å². The largest absolute Gasteiger partial charge is 0.330 e. The van der Waals surface area contributed by atoms with Gasteiger partial charge in [-0.3, -0.25) is 4.90 Å². The van der Waals surface area contributed by atoms with Crippen LogP contribution in [-0.2, 0) is 13.1 Å². The fraction of sp³-hybridized carbons (Fsp3) is 0.333. The number of rotatable bonds is 6. The van der Waals surface area contributed by atoms with Crippen molar-refractivity contribution in [2.45, 2.75) is 25.9 Å². The molecule has 0 amide bonds. The van der Waals surface area contributed by atoms with E-state index in [1.165, 1.54) is 16.7 Å². The molecule has 0 aliphatic heterocycles. The highest BCUT2D eigenvalue weighted by Gasteiger charge is 2.05. The zero-order valence-electron chi connectivity index (χ0n) is 12.7. The van der Waals surface area contributed by atoms with Gasteiger partial charge in [0.05, 0.1) is 0 Å². The zero-order valence-corrected chi connectivity index (χ0v) is 13.5. The molecule has 2 aromatic rings. The second kappa shape index (κ2) is 7.60. The Kier molecular flexibility index (Phi) is 5.80. The summed E-state index contributed by atoms with van der Waals surface area (Å²) in [4.78, 5) is 2.28. The molecule has 0 radical (unpaired) electrons. The van der Waals surface area contributed by atoms with Crippen molar-refractivity contribution >= 4 is 11.6 Å². The molecular weight excluding hydrogens is 280 g/mol. The van der Waals surface area contributed by atoms with E-state index in [1.54, 1.807) is 0 Å². The van der Waals surface area contributed by atoms with Gasteiger partial charge in [0.25, 0.3) is 0 Å². The minimum absolute atomic E-state index is 0.420. The molecule has 0 fully saturated rings. The molecule has 0 aliphatic carbocycles. The number of hydrogen-bond acceptors (Lipinski definition) is 2. The van der Waals surface area contributed by atoms with Gasteiger partial charge in [-0.05, 0) is 48.3 Å². The van der Waals surface area contributed by atoms with E-state index in [2.05, 4.69) is 49.2 Å². The van der Waals surface area contributed by atoms with Crippen LogP contribution in [0.4, 0.5) is 0 Å². The molecule has 0 saturated carbocycles. The summed E-state index contributed by atoms with van der Waals surface area (Å²) in [7, 11) is 2.12. The summed E-state index contributed by atoms with van der Waals surface area (Å²) in [5.41, 5.74) is 9.55. The predicted octanol–water partition coefficient (Wildman–Crippen LogP) is 4.03. The lowest BCUT2D eigenvalue weighted by atomic mass is 10.00. The maximum Gasteiger partial charge on any atom is 0.0409 e. The van der Waals surface area contributed by atoms with Crippen LogP contribution in [0, 0.1) is 0 Å². The molecule has 3 heteroatoms. The molecule has 0 aliphatic rings. The number of nitrogens with two attached hydrogens (primary N) is 1. The third-order valence-electron chi connectivity index (χ3n) is 3.70. The van der Waals surface area contributed by atoms with E-state index in [9.17, 15) is 0 Å². The van der Waals surface area contributed by atoms with Crippen LogP contribution in [0.3, 0.4) is 0 Å². The van der Waals surface area contributed by atoms with E-state index in [1.807, 2.05) is 18.2 Å². The summed E-state index contributed by atoms with van der Waals surface area (Å²) < 4.78 is 0. The molecule has 2 nitrogen and oxygen atoms in total. The third-order valence-corrected chi connectivity index (χ3v) is 3.93. The van der Waals surface area contributed by atoms with Crippen molar-refractivity contribution in [3.8, 4) is 0 Å². The first kappa shape index (κ1) is 16.0. The Morgan fingerprint density at radius 3 is 2.33 bits per heavy atom. The molecule has 1 unspecified atom stereocenters. The zero-order chi connectivity index (χ0) is 15.2. The maximum absolute atomic E-state index is 6.02. The lowest BCUT2D eigenvalue weighted by Gasteiger charge is -2.17. The lowest BCUT2D eigenvalue weighted by molar-refractivity contribution is 0.319. The lowest BCUT2D eigenvalue weighted by Crippen LogP contribution is -2.17. The molecule has 21 heavy (non-hydrogen) atoms. The van der Waals surface area contributed by atoms with Gasteiger partial charge in [0.15, 0.2) is 0 Å². The smallest absolute Gasteiger partial charge is 0.0409 e. The van der Waals surface area contributed by atoms with E-state index in [-0.39, 0.29) is 0 Å². The van der Waals surface area contributed by atoms with Crippen molar-refractivity contribution < 1.29 is 0 Å². The Morgan fingerprint density at radius 1 is 1.05 bits per heavy atom. The Hall–Kier alpha value is -1.35. The average molecular weight is 303 g/mol. The van der Waals surface area contributed by atoms with Crippen LogP contribution in [0.5, 0.6) is 0 Å². The number of benzene rings is 2. The first-order chi connectivity index (χ1) is 10.1. The summed E-state index contributed by atoms with van der Waals surface area (Å²) in [6, 6.07) is 16.8. The van der Waals surface area contributed by atoms with Gasteiger partial charge >= 0.3 is 0 Å². The normalized spacial score (nSPS) is 12.6. The van der Waals surface area contributed by atoms with Crippen molar-refractivity contribution in [2.24, 2.45) is 5.73 Å². The fourth-order valence-corrected chi connectivity index (χ4v) is 2.62. The van der Waals surface area contributed by atoms with E-state index < -0.39 is 0 Å². The van der Waals surface area contributed by atoms with Crippen molar-refractivity contribution in [2.75, 3.05) is 13.6 Å². The SMILES string of the molecule is CC(CN)c1ccc(CN(C)Cc2cccc(Cl)c2)cc1. The highest BCUT2D eigenvalue weighted by Crippen LogP contribution is 2.16. The van der Waals surface area contributed by atoms with E-state index >= 15 is 0 Å². The quantitative estimate of drug-likeness (QED) is 0.873. The van der Waals surface area contributed by atoms with Gasteiger partial charge < -0.3 is 5.73 Å². The molecule has 0 heterocycles. The van der Waals surface area contributed by atoms with Gasteiger partial charge in [0.1, 0.15) is 0 Å². The van der Waals surface area contributed by atoms with E-state index in [4.69, 9.17) is 17.3 Å². The Bertz CT molecular complexity index is 566. The summed E-state index contributed by atoms with van der Waals surface area (Å²) in [5.74, 6) is 0.420. The van der Waals surface area contributed by atoms with Crippen LogP contribution in [0.2, 0.25) is 5.02 Å². The highest BCUT2D eigenvalue weighted by atomic mass is 35.5. The van der Waals surface area contributed by atoms with Gasteiger partial charge in [-0.2, -0.15) is 0 Å². The Morgan fingerprint density at radius 2 is 1.71 bits per heavy atom. The van der Waals surface area contributed by atoms with E-state index in [0.29, 0.717) is 12.5 Å². The second-order valence-corrected chi connectivity index (χ2v) is 6.12. The minimum Gasteiger partial charge on any atom is -0.330 e. The van der Waals surface area contributed by atoms with Gasteiger partial charge in [-0.25, -0.2) is 0 Å².